The highest BCUT2D eigenvalue weighted by Gasteiger charge is 2.18. The number of pyridine rings is 2. The maximum atomic E-state index is 4.66. The number of fused-ring (bicyclic) bond motifs is 9. The number of benzene rings is 5. The van der Waals surface area contributed by atoms with Crippen molar-refractivity contribution in [2.24, 2.45) is 0 Å². The molecule has 0 fully saturated rings. The summed E-state index contributed by atoms with van der Waals surface area (Å²) in [7, 11) is 0. The number of hydrogen-bond acceptors (Lipinski definition) is 3. The van der Waals surface area contributed by atoms with Crippen molar-refractivity contribution in [1.82, 2.24) is 14.5 Å². The average molecular weight is 606 g/mol. The summed E-state index contributed by atoms with van der Waals surface area (Å²) in [6.07, 6.45) is 10.2. The summed E-state index contributed by atoms with van der Waals surface area (Å²) in [6, 6.07) is 47.9. The number of aromatic nitrogens is 3. The Morgan fingerprint density at radius 1 is 0.478 bits per heavy atom. The van der Waals surface area contributed by atoms with E-state index in [0.29, 0.717) is 0 Å². The summed E-state index contributed by atoms with van der Waals surface area (Å²) in [6.45, 7) is 0. The number of rotatable bonds is 2. The van der Waals surface area contributed by atoms with Crippen molar-refractivity contribution < 1.29 is 0 Å². The van der Waals surface area contributed by atoms with Crippen LogP contribution in [0.15, 0.2) is 162 Å². The van der Waals surface area contributed by atoms with E-state index in [2.05, 4.69) is 142 Å². The SMILES string of the molecule is C1=Cc2ccc(-c3ccc4c(c3)c3ccncc3n4-c3ccccn3)cc2-c2ccccc2Sc2ccccc2-c2ccccc21. The van der Waals surface area contributed by atoms with E-state index < -0.39 is 0 Å². The summed E-state index contributed by atoms with van der Waals surface area (Å²) in [4.78, 5) is 11.6. The third-order valence-electron chi connectivity index (χ3n) is 8.81. The molecule has 0 unspecified atom stereocenters. The van der Waals surface area contributed by atoms with Gasteiger partial charge in [0.25, 0.3) is 0 Å². The van der Waals surface area contributed by atoms with Gasteiger partial charge in [-0.2, -0.15) is 0 Å². The largest absolute Gasteiger partial charge is 0.292 e. The molecule has 216 valence electrons. The summed E-state index contributed by atoms with van der Waals surface area (Å²) >= 11 is 1.84. The Kier molecular flexibility index (Phi) is 6.39. The Balaban J connectivity index is 1.24. The molecule has 0 atom stereocenters. The van der Waals surface area contributed by atoms with E-state index in [1.54, 1.807) is 0 Å². The van der Waals surface area contributed by atoms with Gasteiger partial charge in [-0.05, 0) is 93.0 Å². The van der Waals surface area contributed by atoms with Crippen molar-refractivity contribution in [1.29, 1.82) is 0 Å². The van der Waals surface area contributed by atoms with Crippen molar-refractivity contribution >= 4 is 45.7 Å². The van der Waals surface area contributed by atoms with Gasteiger partial charge in [-0.15, -0.1) is 0 Å². The van der Waals surface area contributed by atoms with E-state index in [0.717, 1.165) is 22.2 Å². The smallest absolute Gasteiger partial charge is 0.137 e. The van der Waals surface area contributed by atoms with Crippen LogP contribution in [0.3, 0.4) is 0 Å². The minimum atomic E-state index is 0.885. The fraction of sp³-hybridized carbons (Fsp3) is 0. The summed E-state index contributed by atoms with van der Waals surface area (Å²) in [5.41, 5.74) is 11.9. The van der Waals surface area contributed by atoms with Crippen LogP contribution in [0.2, 0.25) is 0 Å². The lowest BCUT2D eigenvalue weighted by molar-refractivity contribution is 1.07. The number of hydrogen-bond donors (Lipinski definition) is 0. The predicted octanol–water partition coefficient (Wildman–Crippen LogP) is 11.2. The van der Waals surface area contributed by atoms with Gasteiger partial charge >= 0.3 is 0 Å². The van der Waals surface area contributed by atoms with Crippen molar-refractivity contribution in [2.75, 3.05) is 0 Å². The van der Waals surface area contributed by atoms with Crippen LogP contribution in [0.5, 0.6) is 0 Å². The molecule has 4 heterocycles. The molecule has 4 heteroatoms. The minimum Gasteiger partial charge on any atom is -0.292 e. The van der Waals surface area contributed by atoms with E-state index in [4.69, 9.17) is 0 Å². The van der Waals surface area contributed by atoms with Gasteiger partial charge in [0, 0.05) is 33.0 Å². The van der Waals surface area contributed by atoms with Crippen LogP contribution in [-0.4, -0.2) is 14.5 Å². The lowest BCUT2D eigenvalue weighted by Gasteiger charge is -2.15. The second-order valence-corrected chi connectivity index (χ2v) is 12.5. The van der Waals surface area contributed by atoms with Crippen molar-refractivity contribution in [3.8, 4) is 39.2 Å². The zero-order valence-electron chi connectivity index (χ0n) is 24.8. The molecule has 8 aromatic rings. The molecule has 46 heavy (non-hydrogen) atoms. The van der Waals surface area contributed by atoms with Gasteiger partial charge in [-0.25, -0.2) is 4.98 Å². The molecule has 9 rings (SSSR count). The molecule has 3 nitrogen and oxygen atoms in total. The van der Waals surface area contributed by atoms with E-state index in [1.165, 1.54) is 59.7 Å². The van der Waals surface area contributed by atoms with Crippen LogP contribution >= 0.6 is 11.8 Å². The Bertz CT molecular complexity index is 2460. The molecule has 0 aliphatic carbocycles. The lowest BCUT2D eigenvalue weighted by Crippen LogP contribution is -1.96. The highest BCUT2D eigenvalue weighted by molar-refractivity contribution is 7.99. The van der Waals surface area contributed by atoms with E-state index >= 15 is 0 Å². The molecule has 0 radical (unpaired) electrons. The molecule has 5 aromatic carbocycles. The van der Waals surface area contributed by atoms with Crippen LogP contribution in [0.25, 0.3) is 73.2 Å². The Labute approximate surface area is 271 Å². The second kappa shape index (κ2) is 11.0. The molecule has 0 bridgehead atoms. The van der Waals surface area contributed by atoms with E-state index in [-0.39, 0.29) is 0 Å². The zero-order valence-corrected chi connectivity index (χ0v) is 25.7. The first kappa shape index (κ1) is 26.7. The monoisotopic (exact) mass is 605 g/mol. The van der Waals surface area contributed by atoms with Gasteiger partial charge in [0.05, 0.1) is 17.2 Å². The first-order chi connectivity index (χ1) is 22.8. The van der Waals surface area contributed by atoms with Crippen LogP contribution < -0.4 is 0 Å². The van der Waals surface area contributed by atoms with Crippen LogP contribution in [-0.2, 0) is 0 Å². The van der Waals surface area contributed by atoms with Gasteiger partial charge in [0.15, 0.2) is 0 Å². The molecule has 3 aromatic heterocycles. The topological polar surface area (TPSA) is 30.7 Å². The lowest BCUT2D eigenvalue weighted by atomic mass is 9.93. The number of nitrogens with zero attached hydrogens (tertiary/aromatic N) is 3. The summed E-state index contributed by atoms with van der Waals surface area (Å²) in [5.74, 6) is 0.885. The third kappa shape index (κ3) is 4.46. The van der Waals surface area contributed by atoms with E-state index in [1.807, 2.05) is 48.6 Å². The molecule has 0 spiro atoms. The first-order valence-electron chi connectivity index (χ1n) is 15.4. The molecule has 1 aliphatic heterocycles. The van der Waals surface area contributed by atoms with Crippen molar-refractivity contribution in [3.63, 3.8) is 0 Å². The molecule has 0 N–H and O–H groups in total. The minimum absolute atomic E-state index is 0.885. The highest BCUT2D eigenvalue weighted by atomic mass is 32.2. The Morgan fingerprint density at radius 2 is 1.15 bits per heavy atom. The van der Waals surface area contributed by atoms with Crippen molar-refractivity contribution in [3.05, 3.63) is 163 Å². The maximum absolute atomic E-state index is 4.66. The van der Waals surface area contributed by atoms with Gasteiger partial charge in [0.1, 0.15) is 5.82 Å². The van der Waals surface area contributed by atoms with Gasteiger partial charge < -0.3 is 0 Å². The molecular formula is C42H27N3S. The average Bonchev–Trinajstić information content (AvgIpc) is 3.44. The maximum Gasteiger partial charge on any atom is 0.137 e. The normalized spacial score (nSPS) is 12.2. The third-order valence-corrected chi connectivity index (χ3v) is 9.96. The van der Waals surface area contributed by atoms with Crippen LogP contribution in [0.1, 0.15) is 11.1 Å². The molecular weight excluding hydrogens is 579 g/mol. The van der Waals surface area contributed by atoms with E-state index in [9.17, 15) is 0 Å². The summed E-state index contributed by atoms with van der Waals surface area (Å²) < 4.78 is 2.20. The Hall–Kier alpha value is -5.71. The van der Waals surface area contributed by atoms with Crippen LogP contribution in [0.4, 0.5) is 0 Å². The fourth-order valence-corrected chi connectivity index (χ4v) is 7.74. The summed E-state index contributed by atoms with van der Waals surface area (Å²) in [5, 5.41) is 2.34. The Morgan fingerprint density at radius 3 is 1.96 bits per heavy atom. The zero-order chi connectivity index (χ0) is 30.5. The fourth-order valence-electron chi connectivity index (χ4n) is 6.64. The van der Waals surface area contributed by atoms with Gasteiger partial charge in [-0.3, -0.25) is 9.55 Å². The molecule has 0 amide bonds. The quantitative estimate of drug-likeness (QED) is 0.196. The first-order valence-corrected chi connectivity index (χ1v) is 16.2. The molecule has 1 aliphatic rings. The van der Waals surface area contributed by atoms with Gasteiger partial charge in [-0.1, -0.05) is 109 Å². The second-order valence-electron chi connectivity index (χ2n) is 11.5. The van der Waals surface area contributed by atoms with Gasteiger partial charge in [0.2, 0.25) is 0 Å². The van der Waals surface area contributed by atoms with Crippen molar-refractivity contribution in [2.45, 2.75) is 9.79 Å². The molecule has 0 saturated heterocycles. The predicted molar refractivity (Wildman–Crippen MR) is 192 cm³/mol. The standard InChI is InChI=1S/C42H27N3S/c1-2-10-32-28(9-1)16-17-29-18-19-30(25-36(29)35-12-4-6-14-41(35)46-40-13-5-3-11-34(32)40)31-20-21-38-37(26-31)33-22-24-43-27-39(33)45(38)42-15-7-8-23-44-42/h1-27H. The molecule has 0 saturated carbocycles. The highest BCUT2D eigenvalue weighted by Crippen LogP contribution is 2.44. The van der Waals surface area contributed by atoms with Crippen LogP contribution in [0, 0.1) is 0 Å².